The van der Waals surface area contributed by atoms with Crippen molar-refractivity contribution in [2.24, 2.45) is 17.6 Å². The summed E-state index contributed by atoms with van der Waals surface area (Å²) >= 11 is 0. The molecule has 56 heavy (non-hydrogen) atoms. The minimum Gasteiger partial charge on any atom is -0.398 e. The second kappa shape index (κ2) is 22.3. The Balaban J connectivity index is 0.000000210. The van der Waals surface area contributed by atoms with Gasteiger partial charge in [-0.05, 0) is 74.6 Å². The van der Waals surface area contributed by atoms with Crippen molar-refractivity contribution >= 4 is 56.5 Å². The lowest BCUT2D eigenvalue weighted by Crippen LogP contribution is -2.30. The van der Waals surface area contributed by atoms with E-state index in [4.69, 9.17) is 36.4 Å². The molecule has 17 nitrogen and oxygen atoms in total. The Morgan fingerprint density at radius 1 is 0.607 bits per heavy atom. The second-order valence-corrected chi connectivity index (χ2v) is 19.7. The van der Waals surface area contributed by atoms with Crippen molar-refractivity contribution in [1.29, 1.82) is 0 Å². The molecule has 3 aromatic carbocycles. The summed E-state index contributed by atoms with van der Waals surface area (Å²) in [7, 11) is -6.03. The van der Waals surface area contributed by atoms with Crippen LogP contribution in [0.15, 0.2) is 87.5 Å². The van der Waals surface area contributed by atoms with Crippen molar-refractivity contribution in [3.63, 3.8) is 0 Å². The third-order valence-electron chi connectivity index (χ3n) is 8.59. The number of ether oxygens (including phenoxy) is 3. The SMILES string of the molecule is NC1CCCOC1.Nc1ccccc1S(=O)(=O)CC1CCCOC1.O=[N+]([O-])c1ccccc1S(=O)(=O)CC1CCCOC1.O=[N+]([O-])c1ccccc1S(=O)(=O)Cl. The molecule has 3 heterocycles. The number of nitrogens with two attached hydrogens (primary N) is 2. The first-order valence-corrected chi connectivity index (χ1v) is 23.2. The average molecular weight is 863 g/mol. The molecule has 3 fully saturated rings. The summed E-state index contributed by atoms with van der Waals surface area (Å²) in [6, 6.07) is 17.3. The lowest BCUT2D eigenvalue weighted by atomic mass is 10.1. The first kappa shape index (κ1) is 46.6. The maximum absolute atomic E-state index is 12.3. The number of sulfone groups is 2. The van der Waals surface area contributed by atoms with Gasteiger partial charge in [0, 0.05) is 48.7 Å². The van der Waals surface area contributed by atoms with E-state index in [0.717, 1.165) is 70.5 Å². The van der Waals surface area contributed by atoms with Crippen LogP contribution in [0, 0.1) is 32.1 Å². The lowest BCUT2D eigenvalue weighted by molar-refractivity contribution is -0.388. The van der Waals surface area contributed by atoms with Crippen molar-refractivity contribution in [2.75, 3.05) is 56.9 Å². The molecule has 6 rings (SSSR count). The topological polar surface area (TPSA) is 268 Å². The number of anilines is 1. The molecule has 0 aliphatic carbocycles. The molecule has 3 aliphatic rings. The van der Waals surface area contributed by atoms with Gasteiger partial charge in [0.2, 0.25) is 0 Å². The van der Waals surface area contributed by atoms with Crippen LogP contribution < -0.4 is 11.5 Å². The minimum atomic E-state index is -4.05. The maximum Gasteiger partial charge on any atom is 0.289 e. The van der Waals surface area contributed by atoms with E-state index in [1.165, 1.54) is 36.4 Å². The highest BCUT2D eigenvalue weighted by Gasteiger charge is 2.29. The number of nitrogen functional groups attached to an aromatic ring is 1. The Kier molecular flexibility index (Phi) is 18.5. The summed E-state index contributed by atoms with van der Waals surface area (Å²) in [5.74, 6) is 0.0333. The third kappa shape index (κ3) is 15.3. The van der Waals surface area contributed by atoms with Gasteiger partial charge in [0.25, 0.3) is 20.4 Å². The normalized spacial score (nSPS) is 20.0. The molecule has 4 N–H and O–H groups in total. The summed E-state index contributed by atoms with van der Waals surface area (Å²) < 4.78 is 86.1. The molecule has 310 valence electrons. The molecule has 3 atom stereocenters. The van der Waals surface area contributed by atoms with Gasteiger partial charge in [0.1, 0.15) is 4.90 Å². The summed E-state index contributed by atoms with van der Waals surface area (Å²) in [5.41, 5.74) is 10.7. The first-order chi connectivity index (χ1) is 26.4. The molecule has 3 unspecified atom stereocenters. The Morgan fingerprint density at radius 2 is 1.00 bits per heavy atom. The molecule has 21 heteroatoms. The van der Waals surface area contributed by atoms with Crippen molar-refractivity contribution in [2.45, 2.75) is 59.3 Å². The fourth-order valence-corrected chi connectivity index (χ4v) is 10.5. The second-order valence-electron chi connectivity index (χ2n) is 13.1. The van der Waals surface area contributed by atoms with Crippen LogP contribution in [0.1, 0.15) is 38.5 Å². The van der Waals surface area contributed by atoms with Crippen molar-refractivity contribution in [3.8, 4) is 0 Å². The van der Waals surface area contributed by atoms with E-state index in [1.54, 1.807) is 24.3 Å². The lowest BCUT2D eigenvalue weighted by Gasteiger charge is -2.22. The van der Waals surface area contributed by atoms with Gasteiger partial charge < -0.3 is 25.7 Å². The molecule has 0 amide bonds. The van der Waals surface area contributed by atoms with Gasteiger partial charge in [0.15, 0.2) is 24.6 Å². The van der Waals surface area contributed by atoms with Crippen molar-refractivity contribution < 1.29 is 49.3 Å². The van der Waals surface area contributed by atoms with Gasteiger partial charge in [-0.25, -0.2) is 25.3 Å². The van der Waals surface area contributed by atoms with Crippen molar-refractivity contribution in [1.82, 2.24) is 0 Å². The van der Waals surface area contributed by atoms with Crippen LogP contribution >= 0.6 is 10.7 Å². The predicted molar refractivity (Wildman–Crippen MR) is 209 cm³/mol. The van der Waals surface area contributed by atoms with Crippen LogP contribution in [0.25, 0.3) is 0 Å². The molecule has 0 aromatic heterocycles. The fraction of sp³-hybridized carbons (Fsp3) is 0.486. The van der Waals surface area contributed by atoms with E-state index in [2.05, 4.69) is 0 Å². The Morgan fingerprint density at radius 3 is 1.36 bits per heavy atom. The smallest absolute Gasteiger partial charge is 0.289 e. The molecule has 0 spiro atoms. The van der Waals surface area contributed by atoms with Gasteiger partial charge in [-0.3, -0.25) is 20.2 Å². The number of nitro benzene ring substituents is 2. The van der Waals surface area contributed by atoms with E-state index in [1.807, 2.05) is 0 Å². The summed E-state index contributed by atoms with van der Waals surface area (Å²) in [5, 5.41) is 21.2. The molecule has 3 aromatic rings. The average Bonchev–Trinajstić information content (AvgIpc) is 3.16. The van der Waals surface area contributed by atoms with E-state index >= 15 is 0 Å². The van der Waals surface area contributed by atoms with Crippen LogP contribution in [0.5, 0.6) is 0 Å². The number of halogens is 1. The zero-order valence-electron chi connectivity index (χ0n) is 30.5. The molecule has 0 saturated carbocycles. The van der Waals surface area contributed by atoms with E-state index in [-0.39, 0.29) is 38.8 Å². The monoisotopic (exact) mass is 862 g/mol. The number of benzene rings is 3. The quantitative estimate of drug-likeness (QED) is 0.125. The van der Waals surface area contributed by atoms with Crippen LogP contribution in [0.3, 0.4) is 0 Å². The van der Waals surface area contributed by atoms with Gasteiger partial charge in [-0.15, -0.1) is 0 Å². The van der Waals surface area contributed by atoms with Crippen molar-refractivity contribution in [3.05, 3.63) is 93.0 Å². The van der Waals surface area contributed by atoms with Crippen LogP contribution in [0.2, 0.25) is 0 Å². The number of nitro groups is 2. The maximum atomic E-state index is 12.3. The number of hydrogen-bond acceptors (Lipinski definition) is 15. The molecule has 0 radical (unpaired) electrons. The highest BCUT2D eigenvalue weighted by molar-refractivity contribution is 8.13. The first-order valence-electron chi connectivity index (χ1n) is 17.6. The zero-order chi connectivity index (χ0) is 41.4. The Labute approximate surface area is 331 Å². The fourth-order valence-electron chi connectivity index (χ4n) is 5.89. The summed E-state index contributed by atoms with van der Waals surface area (Å²) in [4.78, 5) is 19.3. The molecular weight excluding hydrogens is 816 g/mol. The molecule has 3 aliphatic heterocycles. The third-order valence-corrected chi connectivity index (χ3v) is 13.8. The van der Waals surface area contributed by atoms with Gasteiger partial charge in [-0.2, -0.15) is 0 Å². The number of nitrogens with zero attached hydrogens (tertiary/aromatic N) is 2. The Hall–Kier alpha value is -3.76. The number of para-hydroxylation sites is 3. The summed E-state index contributed by atoms with van der Waals surface area (Å²) in [6.07, 6.45) is 5.73. The van der Waals surface area contributed by atoms with E-state index < -0.39 is 49.2 Å². The Bertz CT molecular complexity index is 2070. The van der Waals surface area contributed by atoms with Crippen LogP contribution in [-0.4, -0.2) is 92.3 Å². The van der Waals surface area contributed by atoms with Gasteiger partial charge >= 0.3 is 0 Å². The van der Waals surface area contributed by atoms with E-state index in [0.29, 0.717) is 31.5 Å². The van der Waals surface area contributed by atoms with Crippen LogP contribution in [-0.2, 0) is 42.9 Å². The minimum absolute atomic E-state index is 0.0847. The number of rotatable bonds is 9. The molecule has 3 saturated heterocycles. The number of hydrogen-bond donors (Lipinski definition) is 2. The summed E-state index contributed by atoms with van der Waals surface area (Å²) in [6.45, 7) is 4.01. The standard InChI is InChI=1S/C12H15NO5S.C12H17NO3S.C6H4ClNO4S.C5H11NO/c14-13(15)11-5-1-2-6-12(11)19(16,17)9-10-4-3-7-18-8-10;13-11-5-1-2-6-12(11)17(14,15)9-10-4-3-7-16-8-10;7-13(11,12)6-4-2-1-3-5(6)8(9)10;6-5-2-1-3-7-4-5/h1-2,5-6,10H,3-4,7-9H2;1-2,5-6,10H,3-4,7-9,13H2;1-4H;5H,1-4,6H2. The highest BCUT2D eigenvalue weighted by atomic mass is 35.7. The van der Waals surface area contributed by atoms with Crippen LogP contribution in [0.4, 0.5) is 17.1 Å². The zero-order valence-corrected chi connectivity index (χ0v) is 33.7. The molecular formula is C35H47ClN4O13S3. The van der Waals surface area contributed by atoms with Gasteiger partial charge in [0.05, 0.1) is 51.8 Å². The predicted octanol–water partition coefficient (Wildman–Crippen LogP) is 4.91. The molecule has 0 bridgehead atoms. The largest absolute Gasteiger partial charge is 0.398 e. The van der Waals surface area contributed by atoms with E-state index in [9.17, 15) is 45.5 Å². The van der Waals surface area contributed by atoms with Gasteiger partial charge in [-0.1, -0.05) is 36.4 Å². The highest BCUT2D eigenvalue weighted by Crippen LogP contribution is 2.28.